The van der Waals surface area contributed by atoms with Gasteiger partial charge < -0.3 is 28.4 Å². The number of hydrogen-bond acceptors (Lipinski definition) is 8. The van der Waals surface area contributed by atoms with Crippen LogP contribution >= 0.6 is 0 Å². The minimum Gasteiger partial charge on any atom is -0.468 e. The van der Waals surface area contributed by atoms with Gasteiger partial charge in [-0.2, -0.15) is 0 Å². The van der Waals surface area contributed by atoms with Gasteiger partial charge in [0.2, 0.25) is 0 Å². The van der Waals surface area contributed by atoms with Gasteiger partial charge >= 0.3 is 5.97 Å². The third-order valence-corrected chi connectivity index (χ3v) is 3.81. The van der Waals surface area contributed by atoms with Gasteiger partial charge in [-0.3, -0.25) is 9.59 Å². The van der Waals surface area contributed by atoms with Crippen molar-refractivity contribution in [1.29, 1.82) is 0 Å². The van der Waals surface area contributed by atoms with Crippen LogP contribution < -0.4 is 0 Å². The summed E-state index contributed by atoms with van der Waals surface area (Å²) in [6.07, 6.45) is 0.712. The van der Waals surface area contributed by atoms with Crippen molar-refractivity contribution in [2.75, 3.05) is 59.5 Å². The van der Waals surface area contributed by atoms with E-state index in [0.717, 1.165) is 5.56 Å². The summed E-state index contributed by atoms with van der Waals surface area (Å²) in [4.78, 5) is 21.3. The lowest BCUT2D eigenvalue weighted by atomic mass is 10.1. The molecule has 0 aliphatic heterocycles. The molecule has 29 heavy (non-hydrogen) atoms. The van der Waals surface area contributed by atoms with Crippen LogP contribution in [0.2, 0.25) is 0 Å². The van der Waals surface area contributed by atoms with E-state index in [0.29, 0.717) is 59.1 Å². The summed E-state index contributed by atoms with van der Waals surface area (Å²) in [5.41, 5.74) is 1.15. The second kappa shape index (κ2) is 18.1. The van der Waals surface area contributed by atoms with Crippen LogP contribution in [0, 0.1) is 0 Å². The molecule has 0 fully saturated rings. The largest absolute Gasteiger partial charge is 0.468 e. The van der Waals surface area contributed by atoms with Gasteiger partial charge in [0.05, 0.1) is 59.0 Å². The van der Waals surface area contributed by atoms with Crippen LogP contribution in [0.25, 0.3) is 0 Å². The Morgan fingerprint density at radius 3 is 2.07 bits per heavy atom. The second-order valence-electron chi connectivity index (χ2n) is 6.05. The van der Waals surface area contributed by atoms with Crippen LogP contribution in [0.3, 0.4) is 0 Å². The molecule has 0 aliphatic carbocycles. The predicted molar refractivity (Wildman–Crippen MR) is 105 cm³/mol. The number of rotatable bonds is 19. The van der Waals surface area contributed by atoms with Crippen LogP contribution in [-0.2, 0) is 38.0 Å². The number of carbonyl (C=O) groups is 2. The van der Waals surface area contributed by atoms with Gasteiger partial charge in [-0.05, 0) is 18.9 Å². The monoisotopic (exact) mass is 412 g/mol. The van der Waals surface area contributed by atoms with E-state index < -0.39 is 0 Å². The molecule has 0 heterocycles. The summed E-state index contributed by atoms with van der Waals surface area (Å²) in [5.74, 6) is -0.335. The van der Waals surface area contributed by atoms with Crippen LogP contribution in [0.4, 0.5) is 0 Å². The SMILES string of the molecule is CC(OCCOCCOCCOCCOC(=O)CCCOC=O)c1ccccc1. The minimum atomic E-state index is -0.335. The number of carbonyl (C=O) groups excluding carboxylic acids is 2. The molecule has 0 N–H and O–H groups in total. The predicted octanol–water partition coefficient (Wildman–Crippen LogP) is 2.31. The molecule has 1 atom stereocenters. The smallest absolute Gasteiger partial charge is 0.305 e. The first kappa shape index (κ1) is 25.0. The number of esters is 1. The normalized spacial score (nSPS) is 11.8. The average Bonchev–Trinajstić information content (AvgIpc) is 2.75. The molecule has 1 unspecified atom stereocenters. The van der Waals surface area contributed by atoms with Gasteiger partial charge in [0, 0.05) is 6.42 Å². The zero-order valence-corrected chi connectivity index (χ0v) is 17.1. The average molecular weight is 412 g/mol. The molecule has 0 saturated carbocycles. The van der Waals surface area contributed by atoms with Crippen molar-refractivity contribution in [3.8, 4) is 0 Å². The lowest BCUT2D eigenvalue weighted by molar-refractivity contribution is -0.146. The Morgan fingerprint density at radius 1 is 0.862 bits per heavy atom. The Bertz CT molecular complexity index is 523. The standard InChI is InChI=1S/C21H32O8/c1-19(20-6-3-2-4-7-20)28-16-14-25-12-10-24-11-13-26-15-17-29-21(23)8-5-9-27-18-22/h2-4,6-7,18-19H,5,8-17H2,1H3. The summed E-state index contributed by atoms with van der Waals surface area (Å²) >= 11 is 0. The fourth-order valence-corrected chi connectivity index (χ4v) is 2.28. The Morgan fingerprint density at radius 2 is 1.45 bits per heavy atom. The Hall–Kier alpha value is -2.00. The highest BCUT2D eigenvalue weighted by atomic mass is 16.6. The summed E-state index contributed by atoms with van der Waals surface area (Å²) < 4.78 is 31.3. The van der Waals surface area contributed by atoms with Crippen molar-refractivity contribution >= 4 is 12.4 Å². The van der Waals surface area contributed by atoms with Crippen molar-refractivity contribution in [1.82, 2.24) is 0 Å². The van der Waals surface area contributed by atoms with Gasteiger partial charge in [-0.1, -0.05) is 30.3 Å². The molecule has 164 valence electrons. The minimum absolute atomic E-state index is 0.0453. The second-order valence-corrected chi connectivity index (χ2v) is 6.05. The van der Waals surface area contributed by atoms with Crippen molar-refractivity contribution in [2.45, 2.75) is 25.9 Å². The Balaban J connectivity index is 1.79. The molecule has 0 radical (unpaired) electrons. The van der Waals surface area contributed by atoms with Crippen LogP contribution in [0.5, 0.6) is 0 Å². The Kier molecular flexibility index (Phi) is 15.6. The van der Waals surface area contributed by atoms with E-state index >= 15 is 0 Å². The lowest BCUT2D eigenvalue weighted by Crippen LogP contribution is -2.15. The van der Waals surface area contributed by atoms with E-state index in [-0.39, 0.29) is 31.7 Å². The van der Waals surface area contributed by atoms with Crippen molar-refractivity contribution in [3.63, 3.8) is 0 Å². The topological polar surface area (TPSA) is 89.5 Å². The van der Waals surface area contributed by atoms with Gasteiger partial charge in [0.1, 0.15) is 6.61 Å². The number of hydrogen-bond donors (Lipinski definition) is 0. The van der Waals surface area contributed by atoms with Gasteiger partial charge in [0.25, 0.3) is 6.47 Å². The summed E-state index contributed by atoms with van der Waals surface area (Å²) in [6.45, 7) is 5.99. The highest BCUT2D eigenvalue weighted by Gasteiger charge is 2.04. The number of benzene rings is 1. The van der Waals surface area contributed by atoms with Crippen molar-refractivity contribution in [2.24, 2.45) is 0 Å². The third kappa shape index (κ3) is 14.6. The van der Waals surface area contributed by atoms with E-state index in [9.17, 15) is 9.59 Å². The molecule has 1 aromatic rings. The van der Waals surface area contributed by atoms with E-state index in [1.165, 1.54) is 0 Å². The van der Waals surface area contributed by atoms with Gasteiger partial charge in [-0.25, -0.2) is 0 Å². The van der Waals surface area contributed by atoms with Gasteiger partial charge in [0.15, 0.2) is 0 Å². The maximum absolute atomic E-state index is 11.3. The molecule has 8 heteroatoms. The third-order valence-electron chi connectivity index (χ3n) is 3.81. The molecule has 1 rings (SSSR count). The summed E-state index contributed by atoms with van der Waals surface area (Å²) in [5, 5.41) is 0. The molecular weight excluding hydrogens is 380 g/mol. The lowest BCUT2D eigenvalue weighted by Gasteiger charge is -2.13. The van der Waals surface area contributed by atoms with Crippen molar-refractivity contribution in [3.05, 3.63) is 35.9 Å². The maximum atomic E-state index is 11.3. The molecule has 1 aromatic carbocycles. The fourth-order valence-electron chi connectivity index (χ4n) is 2.28. The van der Waals surface area contributed by atoms with E-state index in [1.54, 1.807) is 0 Å². The first-order chi connectivity index (χ1) is 14.2. The van der Waals surface area contributed by atoms with E-state index in [4.69, 9.17) is 23.7 Å². The molecule has 0 saturated heterocycles. The van der Waals surface area contributed by atoms with Crippen LogP contribution in [-0.4, -0.2) is 71.9 Å². The van der Waals surface area contributed by atoms with Crippen LogP contribution in [0.1, 0.15) is 31.4 Å². The quantitative estimate of drug-likeness (QED) is 0.194. The Labute approximate surface area is 172 Å². The first-order valence-corrected chi connectivity index (χ1v) is 9.84. The summed E-state index contributed by atoms with van der Waals surface area (Å²) in [7, 11) is 0. The molecule has 0 aromatic heterocycles. The fraction of sp³-hybridized carbons (Fsp3) is 0.619. The van der Waals surface area contributed by atoms with Crippen molar-refractivity contribution < 1.29 is 38.0 Å². The molecular formula is C21H32O8. The molecule has 0 spiro atoms. The zero-order valence-electron chi connectivity index (χ0n) is 17.1. The zero-order chi connectivity index (χ0) is 21.0. The summed E-state index contributed by atoms with van der Waals surface area (Å²) in [6, 6.07) is 10.1. The highest BCUT2D eigenvalue weighted by Crippen LogP contribution is 2.15. The maximum Gasteiger partial charge on any atom is 0.305 e. The molecule has 0 bridgehead atoms. The molecule has 0 aliphatic rings. The molecule has 0 amide bonds. The van der Waals surface area contributed by atoms with E-state index in [1.807, 2.05) is 37.3 Å². The van der Waals surface area contributed by atoms with E-state index in [2.05, 4.69) is 4.74 Å². The highest BCUT2D eigenvalue weighted by molar-refractivity contribution is 5.69. The first-order valence-electron chi connectivity index (χ1n) is 9.84. The van der Waals surface area contributed by atoms with Gasteiger partial charge in [-0.15, -0.1) is 0 Å². The number of ether oxygens (including phenoxy) is 6. The molecule has 8 nitrogen and oxygen atoms in total. The van der Waals surface area contributed by atoms with Crippen LogP contribution in [0.15, 0.2) is 30.3 Å².